The summed E-state index contributed by atoms with van der Waals surface area (Å²) in [6, 6.07) is 0. The molecule has 3 heteroatoms. The maximum Gasteiger partial charge on any atom is 0.0900 e. The van der Waals surface area contributed by atoms with Crippen molar-refractivity contribution in [3.63, 3.8) is 0 Å². The van der Waals surface area contributed by atoms with Crippen molar-refractivity contribution in [1.82, 2.24) is 9.88 Å². The van der Waals surface area contributed by atoms with E-state index in [1.54, 1.807) is 0 Å². The molecule has 2 heterocycles. The van der Waals surface area contributed by atoms with Gasteiger partial charge in [-0.2, -0.15) is 0 Å². The second-order valence-electron chi connectivity index (χ2n) is 3.09. The number of rotatable bonds is 0. The molecule has 0 saturated heterocycles. The minimum atomic E-state index is 1.10. The minimum absolute atomic E-state index is 1.10. The zero-order valence-corrected chi connectivity index (χ0v) is 7.74. The van der Waals surface area contributed by atoms with Crippen molar-refractivity contribution in [2.24, 2.45) is 0 Å². The van der Waals surface area contributed by atoms with Gasteiger partial charge in [0, 0.05) is 24.4 Å². The molecule has 1 aromatic heterocycles. The van der Waals surface area contributed by atoms with Crippen LogP contribution in [0.5, 0.6) is 0 Å². The van der Waals surface area contributed by atoms with E-state index in [4.69, 9.17) is 0 Å². The van der Waals surface area contributed by atoms with Crippen LogP contribution in [0.25, 0.3) is 0 Å². The number of hydrogen-bond donors (Lipinski definition) is 0. The van der Waals surface area contributed by atoms with Gasteiger partial charge in [0.2, 0.25) is 0 Å². The van der Waals surface area contributed by atoms with Gasteiger partial charge >= 0.3 is 0 Å². The normalized spacial score (nSPS) is 18.4. The quantitative estimate of drug-likeness (QED) is 0.582. The number of aromatic nitrogens is 1. The summed E-state index contributed by atoms with van der Waals surface area (Å²) >= 11 is 1.84. The molecule has 0 fully saturated rings. The number of thiazole rings is 1. The van der Waals surface area contributed by atoms with E-state index in [0.717, 1.165) is 19.5 Å². The smallest absolute Gasteiger partial charge is 0.0900 e. The first-order valence-electron chi connectivity index (χ1n) is 3.89. The Kier molecular flexibility index (Phi) is 1.69. The van der Waals surface area contributed by atoms with Crippen LogP contribution in [0.15, 0.2) is 0 Å². The fourth-order valence-electron chi connectivity index (χ4n) is 1.45. The van der Waals surface area contributed by atoms with E-state index in [9.17, 15) is 0 Å². The fourth-order valence-corrected chi connectivity index (χ4v) is 2.52. The molecular formula is C8H12N2S. The third kappa shape index (κ3) is 1.30. The van der Waals surface area contributed by atoms with Crippen molar-refractivity contribution >= 4 is 11.3 Å². The molecule has 0 saturated carbocycles. The van der Waals surface area contributed by atoms with Crippen molar-refractivity contribution in [3.8, 4) is 0 Å². The second-order valence-corrected chi connectivity index (χ2v) is 4.38. The summed E-state index contributed by atoms with van der Waals surface area (Å²) in [5, 5.41) is 1.21. The van der Waals surface area contributed by atoms with Gasteiger partial charge in [-0.05, 0) is 14.0 Å². The molecule has 0 radical (unpaired) electrons. The van der Waals surface area contributed by atoms with E-state index in [2.05, 4.69) is 23.9 Å². The van der Waals surface area contributed by atoms with Crippen molar-refractivity contribution in [2.45, 2.75) is 19.9 Å². The van der Waals surface area contributed by atoms with Crippen LogP contribution in [0.2, 0.25) is 0 Å². The predicted molar refractivity (Wildman–Crippen MR) is 46.9 cm³/mol. The summed E-state index contributed by atoms with van der Waals surface area (Å²) in [5.41, 5.74) is 1.34. The largest absolute Gasteiger partial charge is 0.301 e. The van der Waals surface area contributed by atoms with Crippen LogP contribution in [-0.2, 0) is 13.0 Å². The molecule has 0 N–H and O–H groups in total. The van der Waals surface area contributed by atoms with Gasteiger partial charge in [0.1, 0.15) is 0 Å². The van der Waals surface area contributed by atoms with E-state index in [-0.39, 0.29) is 0 Å². The summed E-state index contributed by atoms with van der Waals surface area (Å²) < 4.78 is 0. The first-order valence-corrected chi connectivity index (χ1v) is 4.71. The molecule has 2 nitrogen and oxygen atoms in total. The lowest BCUT2D eigenvalue weighted by molar-refractivity contribution is 0.314. The van der Waals surface area contributed by atoms with Gasteiger partial charge < -0.3 is 4.90 Å². The third-order valence-electron chi connectivity index (χ3n) is 2.03. The molecule has 0 spiro atoms. The Balaban J connectivity index is 2.34. The van der Waals surface area contributed by atoms with E-state index < -0.39 is 0 Å². The Bertz CT molecular complexity index is 267. The Labute approximate surface area is 70.9 Å². The summed E-state index contributed by atoms with van der Waals surface area (Å²) in [6.45, 7) is 4.35. The molecule has 0 aromatic carbocycles. The van der Waals surface area contributed by atoms with Crippen LogP contribution in [0.4, 0.5) is 0 Å². The standard InChI is InChI=1S/C8H12N2S/c1-6-9-7-3-4-10(2)5-8(7)11-6/h3-5H2,1-2H3. The molecule has 0 atom stereocenters. The highest BCUT2D eigenvalue weighted by atomic mass is 32.1. The zero-order chi connectivity index (χ0) is 7.84. The van der Waals surface area contributed by atoms with Crippen molar-refractivity contribution in [3.05, 3.63) is 15.6 Å². The molecule has 60 valence electrons. The number of aryl methyl sites for hydroxylation is 1. The zero-order valence-electron chi connectivity index (χ0n) is 6.92. The molecule has 1 aliphatic rings. The maximum atomic E-state index is 4.48. The lowest BCUT2D eigenvalue weighted by Crippen LogP contribution is -2.25. The minimum Gasteiger partial charge on any atom is -0.301 e. The molecule has 0 aliphatic carbocycles. The molecule has 0 unspecified atom stereocenters. The molecule has 2 rings (SSSR count). The predicted octanol–water partition coefficient (Wildman–Crippen LogP) is 1.44. The van der Waals surface area contributed by atoms with Gasteiger partial charge in [0.15, 0.2) is 0 Å². The Morgan fingerprint density at radius 2 is 2.36 bits per heavy atom. The number of nitrogens with zero attached hydrogens (tertiary/aromatic N) is 2. The second kappa shape index (κ2) is 2.57. The number of fused-ring (bicyclic) bond motifs is 1. The van der Waals surface area contributed by atoms with Crippen molar-refractivity contribution in [1.29, 1.82) is 0 Å². The topological polar surface area (TPSA) is 16.1 Å². The van der Waals surface area contributed by atoms with E-state index in [0.29, 0.717) is 0 Å². The van der Waals surface area contributed by atoms with E-state index >= 15 is 0 Å². The lowest BCUT2D eigenvalue weighted by Gasteiger charge is -2.20. The molecule has 11 heavy (non-hydrogen) atoms. The molecule has 1 aliphatic heterocycles. The first kappa shape index (κ1) is 7.25. The highest BCUT2D eigenvalue weighted by Gasteiger charge is 2.16. The van der Waals surface area contributed by atoms with Crippen LogP contribution in [0.1, 0.15) is 15.6 Å². The van der Waals surface area contributed by atoms with E-state index in [1.165, 1.54) is 15.6 Å². The summed E-state index contributed by atoms with van der Waals surface area (Å²) in [6.07, 6.45) is 1.14. The van der Waals surface area contributed by atoms with Crippen LogP contribution in [0.3, 0.4) is 0 Å². The maximum absolute atomic E-state index is 4.48. The first-order chi connectivity index (χ1) is 5.25. The monoisotopic (exact) mass is 168 g/mol. The van der Waals surface area contributed by atoms with Gasteiger partial charge in [-0.3, -0.25) is 0 Å². The Morgan fingerprint density at radius 1 is 1.55 bits per heavy atom. The third-order valence-corrected chi connectivity index (χ3v) is 3.03. The van der Waals surface area contributed by atoms with Gasteiger partial charge in [-0.1, -0.05) is 0 Å². The van der Waals surface area contributed by atoms with E-state index in [1.807, 2.05) is 11.3 Å². The number of hydrogen-bond acceptors (Lipinski definition) is 3. The number of likely N-dealkylation sites (N-methyl/N-ethyl adjacent to an activating group) is 1. The average Bonchev–Trinajstić information content (AvgIpc) is 2.27. The Hall–Kier alpha value is -0.410. The lowest BCUT2D eigenvalue weighted by atomic mass is 10.2. The van der Waals surface area contributed by atoms with Crippen LogP contribution in [0, 0.1) is 6.92 Å². The van der Waals surface area contributed by atoms with Crippen molar-refractivity contribution < 1.29 is 0 Å². The van der Waals surface area contributed by atoms with Gasteiger partial charge in [-0.25, -0.2) is 4.98 Å². The van der Waals surface area contributed by atoms with Crippen LogP contribution >= 0.6 is 11.3 Å². The molecular weight excluding hydrogens is 156 g/mol. The highest BCUT2D eigenvalue weighted by molar-refractivity contribution is 7.11. The highest BCUT2D eigenvalue weighted by Crippen LogP contribution is 2.23. The summed E-state index contributed by atoms with van der Waals surface area (Å²) in [5.74, 6) is 0. The average molecular weight is 168 g/mol. The van der Waals surface area contributed by atoms with Gasteiger partial charge in [0.05, 0.1) is 10.7 Å². The summed E-state index contributed by atoms with van der Waals surface area (Å²) in [4.78, 5) is 8.29. The fraction of sp³-hybridized carbons (Fsp3) is 0.625. The molecule has 0 amide bonds. The van der Waals surface area contributed by atoms with Crippen LogP contribution < -0.4 is 0 Å². The molecule has 0 bridgehead atoms. The SMILES string of the molecule is Cc1nc2c(s1)CN(C)CC2. The Morgan fingerprint density at radius 3 is 3.18 bits per heavy atom. The van der Waals surface area contributed by atoms with Crippen molar-refractivity contribution in [2.75, 3.05) is 13.6 Å². The van der Waals surface area contributed by atoms with Gasteiger partial charge in [0.25, 0.3) is 0 Å². The van der Waals surface area contributed by atoms with Gasteiger partial charge in [-0.15, -0.1) is 11.3 Å². The molecule has 1 aromatic rings. The van der Waals surface area contributed by atoms with Crippen LogP contribution in [-0.4, -0.2) is 23.5 Å². The summed E-state index contributed by atoms with van der Waals surface area (Å²) in [7, 11) is 2.16.